The topological polar surface area (TPSA) is 141 Å². The standard InChI is InChI=1S/C19H17N3O6S/c1-11-12(2)21-28-18(11)22-29(26,27)14-9-7-13(8-10-14)20-17(23)15-5-3-4-6-16(15)19(24)25/h3-10,22H,1-2H3,(H,20,23)(H,24,25)/p-1. The van der Waals surface area contributed by atoms with E-state index in [1.165, 1.54) is 48.5 Å². The van der Waals surface area contributed by atoms with E-state index >= 15 is 0 Å². The van der Waals surface area contributed by atoms with Gasteiger partial charge in [-0.05, 0) is 44.2 Å². The Labute approximate surface area is 166 Å². The number of aryl methyl sites for hydroxylation is 1. The number of aromatic carboxylic acids is 1. The molecule has 0 spiro atoms. The maximum absolute atomic E-state index is 12.5. The monoisotopic (exact) mass is 414 g/mol. The van der Waals surface area contributed by atoms with Crippen LogP contribution in [0.4, 0.5) is 11.6 Å². The fourth-order valence-electron chi connectivity index (χ4n) is 2.47. The number of amides is 1. The van der Waals surface area contributed by atoms with Gasteiger partial charge in [0.2, 0.25) is 5.88 Å². The molecule has 0 bridgehead atoms. The Morgan fingerprint density at radius 3 is 2.17 bits per heavy atom. The van der Waals surface area contributed by atoms with Crippen molar-refractivity contribution in [3.05, 3.63) is 70.9 Å². The van der Waals surface area contributed by atoms with Crippen molar-refractivity contribution in [2.75, 3.05) is 10.0 Å². The number of rotatable bonds is 6. The lowest BCUT2D eigenvalue weighted by Crippen LogP contribution is -2.26. The number of hydrogen-bond acceptors (Lipinski definition) is 7. The van der Waals surface area contributed by atoms with Crippen LogP contribution in [0.25, 0.3) is 0 Å². The summed E-state index contributed by atoms with van der Waals surface area (Å²) in [4.78, 5) is 23.4. The quantitative estimate of drug-likeness (QED) is 0.625. The maximum atomic E-state index is 12.5. The highest BCUT2D eigenvalue weighted by Crippen LogP contribution is 2.23. The van der Waals surface area contributed by atoms with Crippen LogP contribution >= 0.6 is 0 Å². The zero-order valence-corrected chi connectivity index (χ0v) is 16.2. The van der Waals surface area contributed by atoms with E-state index in [0.717, 1.165) is 0 Å². The van der Waals surface area contributed by atoms with Crippen LogP contribution in [0.1, 0.15) is 32.0 Å². The average Bonchev–Trinajstić information content (AvgIpc) is 3.00. The van der Waals surface area contributed by atoms with Crippen LogP contribution in [0, 0.1) is 13.8 Å². The number of nitrogens with one attached hydrogen (secondary N) is 2. The van der Waals surface area contributed by atoms with Crippen molar-refractivity contribution in [1.82, 2.24) is 5.16 Å². The van der Waals surface area contributed by atoms with E-state index in [1.807, 2.05) is 0 Å². The van der Waals surface area contributed by atoms with Gasteiger partial charge in [-0.15, -0.1) is 0 Å². The van der Waals surface area contributed by atoms with Gasteiger partial charge in [-0.25, -0.2) is 13.1 Å². The summed E-state index contributed by atoms with van der Waals surface area (Å²) in [5, 5.41) is 17.3. The first-order valence-electron chi connectivity index (χ1n) is 8.36. The Bertz CT molecular complexity index is 1180. The molecule has 2 aromatic carbocycles. The lowest BCUT2D eigenvalue weighted by Gasteiger charge is -2.11. The summed E-state index contributed by atoms with van der Waals surface area (Å²) >= 11 is 0. The second-order valence-corrected chi connectivity index (χ2v) is 7.82. The molecule has 150 valence electrons. The summed E-state index contributed by atoms with van der Waals surface area (Å²) in [6.07, 6.45) is 0. The summed E-state index contributed by atoms with van der Waals surface area (Å²) in [5.74, 6) is -2.11. The molecule has 0 aliphatic heterocycles. The van der Waals surface area contributed by atoms with Crippen molar-refractivity contribution in [3.8, 4) is 0 Å². The highest BCUT2D eigenvalue weighted by molar-refractivity contribution is 7.92. The van der Waals surface area contributed by atoms with Gasteiger partial charge in [0.1, 0.15) is 0 Å². The van der Waals surface area contributed by atoms with Crippen LogP contribution in [0.3, 0.4) is 0 Å². The largest absolute Gasteiger partial charge is 0.545 e. The van der Waals surface area contributed by atoms with Crippen LogP contribution in [-0.2, 0) is 10.0 Å². The molecule has 1 aromatic heterocycles. The summed E-state index contributed by atoms with van der Waals surface area (Å²) in [6, 6.07) is 11.0. The lowest BCUT2D eigenvalue weighted by atomic mass is 10.1. The van der Waals surface area contributed by atoms with Gasteiger partial charge in [0.05, 0.1) is 16.6 Å². The van der Waals surface area contributed by atoms with Gasteiger partial charge in [-0.2, -0.15) is 0 Å². The highest BCUT2D eigenvalue weighted by Gasteiger charge is 2.19. The van der Waals surface area contributed by atoms with E-state index in [-0.39, 0.29) is 27.6 Å². The smallest absolute Gasteiger partial charge is 0.264 e. The third kappa shape index (κ3) is 4.27. The molecule has 0 aliphatic rings. The average molecular weight is 414 g/mol. The van der Waals surface area contributed by atoms with E-state index in [4.69, 9.17) is 4.52 Å². The Morgan fingerprint density at radius 2 is 1.62 bits per heavy atom. The number of sulfonamides is 1. The zero-order chi connectivity index (χ0) is 21.2. The second-order valence-electron chi connectivity index (χ2n) is 6.14. The molecule has 29 heavy (non-hydrogen) atoms. The highest BCUT2D eigenvalue weighted by atomic mass is 32.2. The van der Waals surface area contributed by atoms with Gasteiger partial charge in [0.25, 0.3) is 15.9 Å². The number of carbonyl (C=O) groups excluding carboxylic acids is 2. The number of hydrogen-bond donors (Lipinski definition) is 2. The molecule has 0 unspecified atom stereocenters. The van der Waals surface area contributed by atoms with Crippen molar-refractivity contribution in [2.45, 2.75) is 18.7 Å². The van der Waals surface area contributed by atoms with Crippen molar-refractivity contribution >= 4 is 33.5 Å². The number of nitrogens with zero attached hydrogens (tertiary/aromatic N) is 1. The molecule has 0 saturated heterocycles. The first-order chi connectivity index (χ1) is 13.7. The number of carbonyl (C=O) groups is 2. The zero-order valence-electron chi connectivity index (χ0n) is 15.4. The van der Waals surface area contributed by atoms with Gasteiger partial charge in [-0.3, -0.25) is 4.79 Å². The van der Waals surface area contributed by atoms with E-state index in [0.29, 0.717) is 11.3 Å². The van der Waals surface area contributed by atoms with E-state index in [2.05, 4.69) is 15.2 Å². The number of carboxylic acid groups (broad SMARTS) is 1. The SMILES string of the molecule is Cc1noc(NS(=O)(=O)c2ccc(NC(=O)c3ccccc3C(=O)[O-])cc2)c1C. The normalized spacial score (nSPS) is 11.1. The van der Waals surface area contributed by atoms with Crippen LogP contribution < -0.4 is 15.1 Å². The van der Waals surface area contributed by atoms with Gasteiger partial charge >= 0.3 is 0 Å². The Kier molecular flexibility index (Phi) is 5.37. The second kappa shape index (κ2) is 7.76. The minimum Gasteiger partial charge on any atom is -0.545 e. The Hall–Kier alpha value is -3.66. The maximum Gasteiger partial charge on any atom is 0.264 e. The summed E-state index contributed by atoms with van der Waals surface area (Å²) in [7, 11) is -3.92. The fourth-order valence-corrected chi connectivity index (χ4v) is 3.51. The van der Waals surface area contributed by atoms with E-state index < -0.39 is 21.9 Å². The first kappa shape index (κ1) is 20.1. The van der Waals surface area contributed by atoms with Crippen LogP contribution in [0.15, 0.2) is 57.9 Å². The number of aromatic nitrogens is 1. The molecule has 0 saturated carbocycles. The molecular formula is C19H16N3O6S-. The van der Waals surface area contributed by atoms with E-state index in [9.17, 15) is 23.1 Å². The van der Waals surface area contributed by atoms with E-state index in [1.54, 1.807) is 13.8 Å². The third-order valence-corrected chi connectivity index (χ3v) is 5.55. The molecule has 3 rings (SSSR count). The van der Waals surface area contributed by atoms with Crippen molar-refractivity contribution < 1.29 is 27.6 Å². The molecule has 1 heterocycles. The summed E-state index contributed by atoms with van der Waals surface area (Å²) in [6.45, 7) is 3.36. The van der Waals surface area contributed by atoms with Crippen molar-refractivity contribution in [1.29, 1.82) is 0 Å². The molecule has 0 aliphatic carbocycles. The predicted octanol–water partition coefficient (Wildman–Crippen LogP) is 1.71. The van der Waals surface area contributed by atoms with Crippen molar-refractivity contribution in [2.24, 2.45) is 0 Å². The molecule has 0 radical (unpaired) electrons. The summed E-state index contributed by atoms with van der Waals surface area (Å²) < 4.78 is 32.2. The summed E-state index contributed by atoms with van der Waals surface area (Å²) in [5.41, 5.74) is 1.11. The molecule has 1 amide bonds. The molecule has 0 fully saturated rings. The van der Waals surface area contributed by atoms with Gasteiger partial charge in [0.15, 0.2) is 0 Å². The molecule has 2 N–H and O–H groups in total. The minimum atomic E-state index is -3.92. The number of anilines is 2. The van der Waals surface area contributed by atoms with Crippen LogP contribution in [0.2, 0.25) is 0 Å². The molecule has 10 heteroatoms. The number of carboxylic acids is 1. The Balaban J connectivity index is 1.77. The fraction of sp³-hybridized carbons (Fsp3) is 0.105. The minimum absolute atomic E-state index is 0.0266. The molecular weight excluding hydrogens is 398 g/mol. The van der Waals surface area contributed by atoms with Crippen molar-refractivity contribution in [3.63, 3.8) is 0 Å². The van der Waals surface area contributed by atoms with Gasteiger partial charge < -0.3 is 19.7 Å². The third-order valence-electron chi connectivity index (χ3n) is 4.20. The first-order valence-corrected chi connectivity index (χ1v) is 9.85. The van der Waals surface area contributed by atoms with Gasteiger partial charge in [0, 0.05) is 22.4 Å². The molecule has 3 aromatic rings. The molecule has 9 nitrogen and oxygen atoms in total. The number of benzene rings is 2. The Morgan fingerprint density at radius 1 is 1.00 bits per heavy atom. The van der Waals surface area contributed by atoms with Crippen LogP contribution in [-0.4, -0.2) is 25.5 Å². The molecule has 0 atom stereocenters. The van der Waals surface area contributed by atoms with Gasteiger partial charge in [-0.1, -0.05) is 23.4 Å². The predicted molar refractivity (Wildman–Crippen MR) is 102 cm³/mol. The lowest BCUT2D eigenvalue weighted by molar-refractivity contribution is -0.255. The van der Waals surface area contributed by atoms with Crippen LogP contribution in [0.5, 0.6) is 0 Å².